The first-order valence-electron chi connectivity index (χ1n) is 3.27. The first-order valence-corrected chi connectivity index (χ1v) is 3.27. The molecule has 60 valence electrons. The van der Waals surface area contributed by atoms with Gasteiger partial charge in [-0.05, 0) is 12.1 Å². The van der Waals surface area contributed by atoms with Gasteiger partial charge in [-0.1, -0.05) is 12.1 Å². The number of benzene rings is 1. The number of terminal acetylenes is 1. The van der Waals surface area contributed by atoms with Crippen molar-refractivity contribution in [1.82, 2.24) is 0 Å². The maximum atomic E-state index is 10.6. The van der Waals surface area contributed by atoms with Crippen molar-refractivity contribution in [3.8, 4) is 18.1 Å². The highest BCUT2D eigenvalue weighted by atomic mass is 16.5. The van der Waals surface area contributed by atoms with Gasteiger partial charge < -0.3 is 10.5 Å². The van der Waals surface area contributed by atoms with Gasteiger partial charge in [-0.15, -0.1) is 6.42 Å². The zero-order valence-electron chi connectivity index (χ0n) is 6.28. The fourth-order valence-corrected chi connectivity index (χ4v) is 0.703. The number of ether oxygens (including phenoxy) is 1. The summed E-state index contributed by atoms with van der Waals surface area (Å²) in [5.74, 6) is 1.37. The van der Waals surface area contributed by atoms with Crippen LogP contribution in [0.2, 0.25) is 0 Å². The molecule has 0 aliphatic rings. The van der Waals surface area contributed by atoms with E-state index in [1.165, 1.54) is 0 Å². The molecule has 12 heavy (non-hydrogen) atoms. The van der Waals surface area contributed by atoms with E-state index in [0.717, 1.165) is 0 Å². The van der Waals surface area contributed by atoms with E-state index in [0.29, 0.717) is 11.4 Å². The van der Waals surface area contributed by atoms with Crippen molar-refractivity contribution >= 4 is 11.7 Å². The largest absolute Gasteiger partial charge is 0.415 e. The smallest absolute Gasteiger partial charge is 0.389 e. The van der Waals surface area contributed by atoms with Crippen molar-refractivity contribution < 1.29 is 9.53 Å². The molecule has 0 heterocycles. The Bertz CT molecular complexity index is 339. The molecule has 0 aliphatic carbocycles. The Morgan fingerprint density at radius 3 is 2.75 bits per heavy atom. The molecule has 1 aromatic rings. The Hall–Kier alpha value is -1.95. The highest BCUT2D eigenvalue weighted by Gasteiger charge is 2.02. The summed E-state index contributed by atoms with van der Waals surface area (Å²) in [7, 11) is 0. The highest BCUT2D eigenvalue weighted by Crippen LogP contribution is 2.19. The number of anilines is 1. The minimum atomic E-state index is -0.743. The summed E-state index contributed by atoms with van der Waals surface area (Å²) in [5, 5.41) is 0. The van der Waals surface area contributed by atoms with Gasteiger partial charge in [0.15, 0.2) is 5.75 Å². The van der Waals surface area contributed by atoms with Crippen LogP contribution in [0.5, 0.6) is 5.75 Å². The van der Waals surface area contributed by atoms with Gasteiger partial charge in [0.05, 0.1) is 5.69 Å². The number of carbonyl (C=O) groups is 1. The lowest BCUT2D eigenvalue weighted by atomic mass is 10.3. The Morgan fingerprint density at radius 1 is 1.50 bits per heavy atom. The molecule has 0 atom stereocenters. The maximum Gasteiger partial charge on any atom is 0.389 e. The summed E-state index contributed by atoms with van der Waals surface area (Å²) in [6.07, 6.45) is 4.80. The van der Waals surface area contributed by atoms with E-state index in [9.17, 15) is 4.79 Å². The van der Waals surface area contributed by atoms with Crippen LogP contribution in [0.25, 0.3) is 0 Å². The Kier molecular flexibility index (Phi) is 2.34. The predicted molar refractivity (Wildman–Crippen MR) is 45.3 cm³/mol. The van der Waals surface area contributed by atoms with Crippen molar-refractivity contribution in [3.05, 3.63) is 24.3 Å². The molecular formula is C9H7NO2. The zero-order chi connectivity index (χ0) is 8.97. The fourth-order valence-electron chi connectivity index (χ4n) is 0.703. The van der Waals surface area contributed by atoms with E-state index in [1.807, 2.05) is 5.92 Å². The third kappa shape index (κ3) is 1.77. The van der Waals surface area contributed by atoms with Crippen LogP contribution in [0.1, 0.15) is 0 Å². The van der Waals surface area contributed by atoms with Crippen molar-refractivity contribution in [3.63, 3.8) is 0 Å². The summed E-state index contributed by atoms with van der Waals surface area (Å²) in [6, 6.07) is 6.64. The fraction of sp³-hybridized carbons (Fsp3) is 0. The first kappa shape index (κ1) is 8.15. The maximum absolute atomic E-state index is 10.6. The molecule has 3 heteroatoms. The summed E-state index contributed by atoms with van der Waals surface area (Å²) in [5.41, 5.74) is 5.87. The third-order valence-corrected chi connectivity index (χ3v) is 1.24. The number of hydrogen-bond donors (Lipinski definition) is 1. The van der Waals surface area contributed by atoms with E-state index in [2.05, 4.69) is 0 Å². The molecule has 0 fully saturated rings. The van der Waals surface area contributed by atoms with Crippen LogP contribution < -0.4 is 10.5 Å². The molecule has 2 N–H and O–H groups in total. The number of nitrogens with two attached hydrogens (primary N) is 1. The highest BCUT2D eigenvalue weighted by molar-refractivity contribution is 5.90. The SMILES string of the molecule is C#CC(=O)Oc1ccccc1N. The quantitative estimate of drug-likeness (QED) is 0.218. The molecule has 0 unspecified atom stereocenters. The van der Waals surface area contributed by atoms with Gasteiger partial charge in [0.1, 0.15) is 0 Å². The average Bonchev–Trinajstić information content (AvgIpc) is 2.09. The molecule has 1 aromatic carbocycles. The van der Waals surface area contributed by atoms with E-state index in [-0.39, 0.29) is 0 Å². The van der Waals surface area contributed by atoms with E-state index in [1.54, 1.807) is 24.3 Å². The minimum absolute atomic E-state index is 0.292. The topological polar surface area (TPSA) is 52.3 Å². The Morgan fingerprint density at radius 2 is 2.17 bits per heavy atom. The van der Waals surface area contributed by atoms with Crippen molar-refractivity contribution in [1.29, 1.82) is 0 Å². The second-order valence-corrected chi connectivity index (χ2v) is 2.07. The van der Waals surface area contributed by atoms with E-state index >= 15 is 0 Å². The van der Waals surface area contributed by atoms with Crippen LogP contribution in [0.3, 0.4) is 0 Å². The third-order valence-electron chi connectivity index (χ3n) is 1.24. The Balaban J connectivity index is 2.84. The molecule has 0 aliphatic heterocycles. The normalized spacial score (nSPS) is 8.58. The molecular weight excluding hydrogens is 154 g/mol. The summed E-state index contributed by atoms with van der Waals surface area (Å²) in [4.78, 5) is 10.6. The molecule has 0 radical (unpaired) electrons. The standard InChI is InChI=1S/C9H7NO2/c1-2-9(11)12-8-6-4-3-5-7(8)10/h1,3-6H,10H2. The van der Waals surface area contributed by atoms with Crippen LogP contribution >= 0.6 is 0 Å². The number of rotatable bonds is 1. The van der Waals surface area contributed by atoms with Gasteiger partial charge in [0.25, 0.3) is 0 Å². The van der Waals surface area contributed by atoms with Gasteiger partial charge in [-0.25, -0.2) is 4.79 Å². The number of esters is 1. The molecule has 0 amide bonds. The first-order chi connectivity index (χ1) is 5.74. The monoisotopic (exact) mass is 161 g/mol. The molecule has 0 aromatic heterocycles. The molecule has 3 nitrogen and oxygen atoms in total. The van der Waals surface area contributed by atoms with Gasteiger partial charge in [0.2, 0.25) is 0 Å². The van der Waals surface area contributed by atoms with Crippen molar-refractivity contribution in [2.75, 3.05) is 5.73 Å². The minimum Gasteiger partial charge on any atom is -0.415 e. The van der Waals surface area contributed by atoms with Gasteiger partial charge in [-0.3, -0.25) is 0 Å². The lowest BCUT2D eigenvalue weighted by Crippen LogP contribution is -2.05. The van der Waals surface area contributed by atoms with Gasteiger partial charge in [0, 0.05) is 5.92 Å². The molecule has 0 bridgehead atoms. The summed E-state index contributed by atoms with van der Waals surface area (Å²) >= 11 is 0. The second-order valence-electron chi connectivity index (χ2n) is 2.07. The molecule has 0 saturated heterocycles. The summed E-state index contributed by atoms with van der Waals surface area (Å²) < 4.78 is 4.69. The van der Waals surface area contributed by atoms with E-state index in [4.69, 9.17) is 16.9 Å². The predicted octanol–water partition coefficient (Wildman–Crippen LogP) is 0.807. The van der Waals surface area contributed by atoms with Crippen LogP contribution in [0.15, 0.2) is 24.3 Å². The van der Waals surface area contributed by atoms with Crippen molar-refractivity contribution in [2.24, 2.45) is 0 Å². The van der Waals surface area contributed by atoms with Crippen LogP contribution in [0.4, 0.5) is 5.69 Å². The molecule has 0 saturated carbocycles. The number of para-hydroxylation sites is 2. The van der Waals surface area contributed by atoms with Crippen LogP contribution in [0, 0.1) is 12.3 Å². The zero-order valence-corrected chi connectivity index (χ0v) is 6.28. The Labute approximate surface area is 70.1 Å². The lowest BCUT2D eigenvalue weighted by molar-refractivity contribution is -0.127. The van der Waals surface area contributed by atoms with Gasteiger partial charge in [-0.2, -0.15) is 0 Å². The summed E-state index contributed by atoms with van der Waals surface area (Å²) in [6.45, 7) is 0. The van der Waals surface area contributed by atoms with Crippen LogP contribution in [-0.2, 0) is 4.79 Å². The molecule has 0 spiro atoms. The number of nitrogen functional groups attached to an aromatic ring is 1. The average molecular weight is 161 g/mol. The second kappa shape index (κ2) is 3.44. The lowest BCUT2D eigenvalue weighted by Gasteiger charge is -2.01. The van der Waals surface area contributed by atoms with E-state index < -0.39 is 5.97 Å². The van der Waals surface area contributed by atoms with Crippen molar-refractivity contribution in [2.45, 2.75) is 0 Å². The number of carbonyl (C=O) groups excluding carboxylic acids is 1. The van der Waals surface area contributed by atoms with Crippen LogP contribution in [-0.4, -0.2) is 5.97 Å². The number of hydrogen-bond acceptors (Lipinski definition) is 3. The van der Waals surface area contributed by atoms with Gasteiger partial charge >= 0.3 is 5.97 Å². The molecule has 1 rings (SSSR count).